The number of esters is 1. The average Bonchev–Trinajstić information content (AvgIpc) is 2.65. The van der Waals surface area contributed by atoms with Gasteiger partial charge in [0.05, 0.1) is 7.11 Å². The van der Waals surface area contributed by atoms with E-state index in [-0.39, 0.29) is 5.97 Å². The molecule has 0 unspecified atom stereocenters. The Labute approximate surface area is 54.5 Å². The second-order valence-corrected chi connectivity index (χ2v) is 2.14. The van der Waals surface area contributed by atoms with E-state index in [2.05, 4.69) is 10.8 Å². The van der Waals surface area contributed by atoms with Gasteiger partial charge in [-0.05, 0) is 12.8 Å². The molecule has 0 heterocycles. The minimum Gasteiger partial charge on any atom is -0.469 e. The summed E-state index contributed by atoms with van der Waals surface area (Å²) in [7, 11) is 1.42. The zero-order chi connectivity index (χ0) is 6.69. The Morgan fingerprint density at radius 1 is 1.89 bits per heavy atom. The second-order valence-electron chi connectivity index (χ2n) is 2.14. The highest BCUT2D eigenvalue weighted by molar-refractivity contribution is 5.69. The van der Waals surface area contributed by atoms with E-state index in [0.29, 0.717) is 6.42 Å². The van der Waals surface area contributed by atoms with E-state index in [0.717, 1.165) is 12.8 Å². The summed E-state index contributed by atoms with van der Waals surface area (Å²) in [6, 6.07) is 0. The zero-order valence-corrected chi connectivity index (χ0v) is 5.52. The zero-order valence-electron chi connectivity index (χ0n) is 5.52. The number of hydrogen-bond donors (Lipinski definition) is 0. The number of hydrogen-bond acceptors (Lipinski definition) is 2. The molecule has 0 fully saturated rings. The molecule has 50 valence electrons. The maximum Gasteiger partial charge on any atom is 0.305 e. The van der Waals surface area contributed by atoms with Gasteiger partial charge < -0.3 is 4.74 Å². The van der Waals surface area contributed by atoms with Crippen molar-refractivity contribution in [3.63, 3.8) is 0 Å². The first kappa shape index (κ1) is 6.33. The SMILES string of the molecule is COC(=O)CCC1=CC1. The lowest BCUT2D eigenvalue weighted by atomic mass is 10.2. The maximum atomic E-state index is 10.5. The summed E-state index contributed by atoms with van der Waals surface area (Å²) in [4.78, 5) is 10.5. The van der Waals surface area contributed by atoms with Crippen molar-refractivity contribution in [1.29, 1.82) is 0 Å². The average molecular weight is 126 g/mol. The van der Waals surface area contributed by atoms with Crippen LogP contribution in [0.5, 0.6) is 0 Å². The van der Waals surface area contributed by atoms with Crippen molar-refractivity contribution in [2.45, 2.75) is 19.3 Å². The molecule has 0 aromatic rings. The largest absolute Gasteiger partial charge is 0.469 e. The molecule has 0 amide bonds. The summed E-state index contributed by atoms with van der Waals surface area (Å²) >= 11 is 0. The fourth-order valence-electron chi connectivity index (χ4n) is 0.641. The Morgan fingerprint density at radius 3 is 3.00 bits per heavy atom. The third kappa shape index (κ3) is 2.31. The van der Waals surface area contributed by atoms with Crippen LogP contribution >= 0.6 is 0 Å². The topological polar surface area (TPSA) is 26.3 Å². The predicted molar refractivity (Wildman–Crippen MR) is 33.9 cm³/mol. The Hall–Kier alpha value is -0.790. The Kier molecular flexibility index (Phi) is 1.88. The highest BCUT2D eigenvalue weighted by Gasteiger charge is 2.08. The van der Waals surface area contributed by atoms with Crippen molar-refractivity contribution < 1.29 is 9.53 Å². The normalized spacial score (nSPS) is 14.6. The van der Waals surface area contributed by atoms with Crippen molar-refractivity contribution in [3.05, 3.63) is 11.6 Å². The fourth-order valence-corrected chi connectivity index (χ4v) is 0.641. The second kappa shape index (κ2) is 2.67. The molecule has 0 saturated carbocycles. The van der Waals surface area contributed by atoms with Gasteiger partial charge in [0.2, 0.25) is 0 Å². The van der Waals surface area contributed by atoms with E-state index >= 15 is 0 Å². The van der Waals surface area contributed by atoms with Gasteiger partial charge in [-0.1, -0.05) is 11.6 Å². The van der Waals surface area contributed by atoms with Gasteiger partial charge >= 0.3 is 5.97 Å². The van der Waals surface area contributed by atoms with Crippen LogP contribution in [0.3, 0.4) is 0 Å². The lowest BCUT2D eigenvalue weighted by Crippen LogP contribution is -1.98. The Balaban J connectivity index is 2.03. The Bertz CT molecular complexity index is 147. The molecule has 0 aromatic heterocycles. The predicted octanol–water partition coefficient (Wildman–Crippen LogP) is 1.27. The van der Waals surface area contributed by atoms with Gasteiger partial charge in [-0.2, -0.15) is 0 Å². The molecule has 2 nitrogen and oxygen atoms in total. The summed E-state index contributed by atoms with van der Waals surface area (Å²) in [5.74, 6) is -0.109. The first-order valence-corrected chi connectivity index (χ1v) is 3.07. The molecule has 2 heteroatoms. The van der Waals surface area contributed by atoms with Crippen molar-refractivity contribution in [3.8, 4) is 0 Å². The molecule has 0 atom stereocenters. The molecule has 1 rings (SSSR count). The Morgan fingerprint density at radius 2 is 2.56 bits per heavy atom. The summed E-state index contributed by atoms with van der Waals surface area (Å²) in [5.41, 5.74) is 1.39. The fraction of sp³-hybridized carbons (Fsp3) is 0.571. The van der Waals surface area contributed by atoms with Crippen LogP contribution in [0.15, 0.2) is 11.6 Å². The van der Waals surface area contributed by atoms with E-state index in [4.69, 9.17) is 0 Å². The van der Waals surface area contributed by atoms with Gasteiger partial charge in [0, 0.05) is 6.42 Å². The molecule has 9 heavy (non-hydrogen) atoms. The van der Waals surface area contributed by atoms with Crippen LogP contribution in [0, 0.1) is 0 Å². The van der Waals surface area contributed by atoms with Gasteiger partial charge in [0.25, 0.3) is 0 Å². The highest BCUT2D eigenvalue weighted by Crippen LogP contribution is 2.23. The van der Waals surface area contributed by atoms with Gasteiger partial charge in [-0.3, -0.25) is 4.79 Å². The first-order chi connectivity index (χ1) is 4.33. The molecular formula is C7H10O2. The summed E-state index contributed by atoms with van der Waals surface area (Å²) in [5, 5.41) is 0. The highest BCUT2D eigenvalue weighted by atomic mass is 16.5. The number of ether oxygens (including phenoxy) is 1. The van der Waals surface area contributed by atoms with Crippen LogP contribution < -0.4 is 0 Å². The molecule has 0 radical (unpaired) electrons. The van der Waals surface area contributed by atoms with Gasteiger partial charge in [0.1, 0.15) is 0 Å². The molecular weight excluding hydrogens is 116 g/mol. The summed E-state index contributed by atoms with van der Waals surface area (Å²) in [6.45, 7) is 0. The minimum atomic E-state index is -0.109. The number of rotatable bonds is 3. The van der Waals surface area contributed by atoms with E-state index < -0.39 is 0 Å². The number of carbonyl (C=O) groups excluding carboxylic acids is 1. The smallest absolute Gasteiger partial charge is 0.305 e. The molecule has 0 N–H and O–H groups in total. The van der Waals surface area contributed by atoms with Crippen LogP contribution in [0.2, 0.25) is 0 Å². The molecule has 0 bridgehead atoms. The summed E-state index contributed by atoms with van der Waals surface area (Å²) in [6.07, 6.45) is 4.68. The van der Waals surface area contributed by atoms with Crippen molar-refractivity contribution in [2.24, 2.45) is 0 Å². The van der Waals surface area contributed by atoms with Crippen LogP contribution in [-0.4, -0.2) is 13.1 Å². The van der Waals surface area contributed by atoms with Crippen LogP contribution in [-0.2, 0) is 9.53 Å². The molecule has 1 aliphatic rings. The first-order valence-electron chi connectivity index (χ1n) is 3.07. The van der Waals surface area contributed by atoms with Crippen molar-refractivity contribution in [2.75, 3.05) is 7.11 Å². The molecule has 1 aliphatic carbocycles. The maximum absolute atomic E-state index is 10.5. The standard InChI is InChI=1S/C7H10O2/c1-9-7(8)5-4-6-2-3-6/h2H,3-5H2,1H3. The van der Waals surface area contributed by atoms with E-state index in [9.17, 15) is 4.79 Å². The minimum absolute atomic E-state index is 0.109. The summed E-state index contributed by atoms with van der Waals surface area (Å²) < 4.78 is 4.46. The lowest BCUT2D eigenvalue weighted by Gasteiger charge is -1.93. The van der Waals surface area contributed by atoms with Crippen LogP contribution in [0.1, 0.15) is 19.3 Å². The van der Waals surface area contributed by atoms with Gasteiger partial charge in [0.15, 0.2) is 0 Å². The monoisotopic (exact) mass is 126 g/mol. The number of carbonyl (C=O) groups is 1. The number of methoxy groups -OCH3 is 1. The van der Waals surface area contributed by atoms with Gasteiger partial charge in [-0.15, -0.1) is 0 Å². The third-order valence-electron chi connectivity index (χ3n) is 1.37. The van der Waals surface area contributed by atoms with E-state index in [1.807, 2.05) is 0 Å². The molecule has 0 saturated heterocycles. The van der Waals surface area contributed by atoms with Crippen LogP contribution in [0.4, 0.5) is 0 Å². The van der Waals surface area contributed by atoms with Crippen LogP contribution in [0.25, 0.3) is 0 Å². The van der Waals surface area contributed by atoms with E-state index in [1.54, 1.807) is 0 Å². The third-order valence-corrected chi connectivity index (χ3v) is 1.37. The lowest BCUT2D eigenvalue weighted by molar-refractivity contribution is -0.140. The van der Waals surface area contributed by atoms with Crippen molar-refractivity contribution >= 4 is 5.97 Å². The molecule has 0 aliphatic heterocycles. The molecule has 0 spiro atoms. The van der Waals surface area contributed by atoms with E-state index in [1.165, 1.54) is 12.7 Å². The van der Waals surface area contributed by atoms with Gasteiger partial charge in [-0.25, -0.2) is 0 Å². The molecule has 0 aromatic carbocycles. The quantitative estimate of drug-likeness (QED) is 0.420. The van der Waals surface area contributed by atoms with Crippen molar-refractivity contribution in [1.82, 2.24) is 0 Å². The number of allylic oxidation sites excluding steroid dienone is 2.